The third kappa shape index (κ3) is 13.9. The summed E-state index contributed by atoms with van der Waals surface area (Å²) >= 11 is 0. The van der Waals surface area contributed by atoms with E-state index in [0.717, 1.165) is 31.2 Å². The summed E-state index contributed by atoms with van der Waals surface area (Å²) < 4.78 is 129. The fraction of sp³-hybridized carbons (Fsp3) is 0.0217. The fourth-order valence-electron chi connectivity index (χ4n) is 4.44. The van der Waals surface area contributed by atoms with E-state index >= 15 is 0 Å². The first-order valence-electron chi connectivity index (χ1n) is 17.4. The van der Waals surface area contributed by atoms with Crippen molar-refractivity contribution in [3.63, 3.8) is 0 Å². The van der Waals surface area contributed by atoms with E-state index in [4.69, 9.17) is 20.9 Å². The number of amides is 1. The number of carbonyl (C=O) groups is 4. The zero-order chi connectivity index (χ0) is 49.1. The molecular weight excluding hydrogens is 892 g/mol. The molecule has 0 saturated heterocycles. The number of carboxylic acid groups (broad SMARTS) is 1. The number of hydrogen-bond acceptors (Lipinski definition) is 9. The molecule has 0 aromatic heterocycles. The Kier molecular flexibility index (Phi) is 18.4. The third-order valence-electron chi connectivity index (χ3n) is 7.56. The minimum absolute atomic E-state index is 0.127. The van der Waals surface area contributed by atoms with E-state index in [1.54, 1.807) is 42.5 Å². The fourth-order valence-corrected chi connectivity index (χ4v) is 4.44. The van der Waals surface area contributed by atoms with Crippen LogP contribution >= 0.6 is 0 Å². The van der Waals surface area contributed by atoms with Crippen LogP contribution in [0, 0.1) is 129 Å². The van der Waals surface area contributed by atoms with Crippen LogP contribution in [0.1, 0.15) is 43.0 Å². The number of aliphatic carboxylic acids is 1. The minimum Gasteiger partial charge on any atom is -0.478 e. The Balaban J connectivity index is 0.000000266. The third-order valence-corrected chi connectivity index (χ3v) is 7.56. The van der Waals surface area contributed by atoms with E-state index in [1.807, 2.05) is 0 Å². The first kappa shape index (κ1) is 50.6. The monoisotopic (exact) mass is 910 g/mol. The van der Waals surface area contributed by atoms with Crippen LogP contribution in [0.2, 0.25) is 0 Å². The second kappa shape index (κ2) is 24.0. The van der Waals surface area contributed by atoms with Gasteiger partial charge in [-0.3, -0.25) is 4.79 Å². The first-order chi connectivity index (χ1) is 31.3. The molecule has 0 aliphatic carbocycles. The van der Waals surface area contributed by atoms with Crippen LogP contribution in [0.4, 0.5) is 45.2 Å². The molecule has 0 fully saturated rings. The van der Waals surface area contributed by atoms with Crippen molar-refractivity contribution in [2.75, 3.05) is 5.32 Å². The lowest BCUT2D eigenvalue weighted by molar-refractivity contribution is -0.131. The zero-order valence-corrected chi connectivity index (χ0v) is 32.7. The van der Waals surface area contributed by atoms with E-state index in [-0.39, 0.29) is 11.1 Å². The lowest BCUT2D eigenvalue weighted by Gasteiger charge is -2.10. The van der Waals surface area contributed by atoms with Crippen molar-refractivity contribution in [1.29, 1.82) is 15.8 Å². The van der Waals surface area contributed by atoms with Gasteiger partial charge in [-0.25, -0.2) is 36.3 Å². The molecule has 5 rings (SSSR count). The van der Waals surface area contributed by atoms with Crippen molar-refractivity contribution in [2.45, 2.75) is 6.92 Å². The average molecular weight is 911 g/mol. The van der Waals surface area contributed by atoms with Crippen molar-refractivity contribution in [3.05, 3.63) is 171 Å². The predicted octanol–water partition coefficient (Wildman–Crippen LogP) is 8.26. The number of halogens is 9. The van der Waals surface area contributed by atoms with Gasteiger partial charge in [0.15, 0.2) is 29.8 Å². The highest BCUT2D eigenvalue weighted by Gasteiger charge is 2.29. The minimum atomic E-state index is -2.36. The normalized spacial score (nSPS) is 9.50. The van der Waals surface area contributed by atoms with Gasteiger partial charge in [-0.2, -0.15) is 33.3 Å². The van der Waals surface area contributed by atoms with Gasteiger partial charge in [0.25, 0.3) is 0 Å². The maximum Gasteiger partial charge on any atom is 0.343 e. The summed E-state index contributed by atoms with van der Waals surface area (Å²) in [6.07, 6.45) is 1.67. The SMILES string of the molecule is Cc1c(F)c(F)c(OC(=O)c2ccc(C#CC#N)cc2)c(F)c1F.N#CC#Cc1ccc(C(=O)Oc2c(F)c(F)c(F)c(F)c2F)cc1.N#CC#Cc1ccc(NC(=O)/C=C\C(=O)O)cc1. The Morgan fingerprint density at radius 3 is 1.15 bits per heavy atom. The number of anilines is 1. The van der Waals surface area contributed by atoms with Gasteiger partial charge in [-0.1, -0.05) is 17.8 Å². The predicted molar refractivity (Wildman–Crippen MR) is 209 cm³/mol. The van der Waals surface area contributed by atoms with Crippen molar-refractivity contribution in [2.24, 2.45) is 0 Å². The van der Waals surface area contributed by atoms with Crippen molar-refractivity contribution < 1.29 is 73.3 Å². The number of nitrogens with zero attached hydrogens (tertiary/aromatic N) is 3. The number of rotatable bonds is 7. The summed E-state index contributed by atoms with van der Waals surface area (Å²) in [6, 6.07) is 21.4. The highest BCUT2D eigenvalue weighted by atomic mass is 19.2. The van der Waals surface area contributed by atoms with Crippen LogP contribution in [0.15, 0.2) is 84.9 Å². The molecule has 0 unspecified atom stereocenters. The summed E-state index contributed by atoms with van der Waals surface area (Å²) in [5, 5.41) is 35.7. The van der Waals surface area contributed by atoms with Crippen LogP contribution < -0.4 is 14.8 Å². The van der Waals surface area contributed by atoms with Gasteiger partial charge >= 0.3 is 17.9 Å². The van der Waals surface area contributed by atoms with Crippen molar-refractivity contribution in [1.82, 2.24) is 0 Å². The van der Waals surface area contributed by atoms with Crippen LogP contribution in [0.3, 0.4) is 0 Å². The summed E-state index contributed by atoms with van der Waals surface area (Å²) in [7, 11) is 0. The largest absolute Gasteiger partial charge is 0.478 e. The zero-order valence-electron chi connectivity index (χ0n) is 32.7. The van der Waals surface area contributed by atoms with Crippen molar-refractivity contribution >= 4 is 29.5 Å². The summed E-state index contributed by atoms with van der Waals surface area (Å²) in [4.78, 5) is 45.1. The van der Waals surface area contributed by atoms with Gasteiger partial charge in [0.2, 0.25) is 58.1 Å². The number of ether oxygens (including phenoxy) is 2. The number of nitrogens with one attached hydrogen (secondary N) is 1. The van der Waals surface area contributed by atoms with E-state index in [1.165, 1.54) is 36.4 Å². The van der Waals surface area contributed by atoms with Gasteiger partial charge in [0.05, 0.1) is 11.1 Å². The molecule has 0 bridgehead atoms. The topological polar surface area (TPSA) is 190 Å². The van der Waals surface area contributed by atoms with Gasteiger partial charge in [0.1, 0.15) is 0 Å². The molecule has 0 spiro atoms. The molecule has 0 heterocycles. The second-order valence-electron chi connectivity index (χ2n) is 11.9. The molecule has 1 amide bonds. The summed E-state index contributed by atoms with van der Waals surface area (Å²) in [5.41, 5.74) is 0.736. The summed E-state index contributed by atoms with van der Waals surface area (Å²) in [5.74, 6) is -11.6. The number of hydrogen-bond donors (Lipinski definition) is 2. The van der Waals surface area contributed by atoms with Gasteiger partial charge in [0, 0.05) is 57.9 Å². The number of benzene rings is 5. The highest BCUT2D eigenvalue weighted by molar-refractivity contribution is 6.02. The molecule has 0 radical (unpaired) electrons. The number of esters is 2. The molecule has 0 atom stereocenters. The van der Waals surface area contributed by atoms with E-state index in [2.05, 4.69) is 50.3 Å². The Morgan fingerprint density at radius 2 is 0.818 bits per heavy atom. The smallest absolute Gasteiger partial charge is 0.343 e. The van der Waals surface area contributed by atoms with Crippen LogP contribution in [-0.2, 0) is 9.59 Å². The maximum atomic E-state index is 13.7. The van der Waals surface area contributed by atoms with E-state index in [9.17, 15) is 58.7 Å². The van der Waals surface area contributed by atoms with Gasteiger partial charge in [-0.15, -0.1) is 0 Å². The first-order valence-corrected chi connectivity index (χ1v) is 17.4. The molecule has 20 heteroatoms. The molecule has 66 heavy (non-hydrogen) atoms. The maximum absolute atomic E-state index is 13.7. The Bertz CT molecular complexity index is 2870. The Hall–Kier alpha value is -9.76. The molecule has 328 valence electrons. The molecule has 5 aromatic rings. The lowest BCUT2D eigenvalue weighted by Crippen LogP contribution is -2.13. The molecule has 0 saturated carbocycles. The van der Waals surface area contributed by atoms with Crippen molar-refractivity contribution in [3.8, 4) is 65.2 Å². The number of carboxylic acids is 1. The molecule has 0 aliphatic heterocycles. The highest BCUT2D eigenvalue weighted by Crippen LogP contribution is 2.31. The molecule has 11 nitrogen and oxygen atoms in total. The lowest BCUT2D eigenvalue weighted by atomic mass is 10.1. The molecule has 5 aromatic carbocycles. The quantitative estimate of drug-likeness (QED) is 0.0306. The Morgan fingerprint density at radius 1 is 0.500 bits per heavy atom. The van der Waals surface area contributed by atoms with Crippen LogP contribution in [0.25, 0.3) is 0 Å². The van der Waals surface area contributed by atoms with E-state index in [0.29, 0.717) is 22.4 Å². The van der Waals surface area contributed by atoms with Gasteiger partial charge in [-0.05, 0) is 79.7 Å². The molecule has 2 N–H and O–H groups in total. The van der Waals surface area contributed by atoms with Crippen LogP contribution in [-0.4, -0.2) is 28.9 Å². The summed E-state index contributed by atoms with van der Waals surface area (Å²) in [6.45, 7) is 0.851. The second-order valence-corrected chi connectivity index (χ2v) is 11.9. The number of nitriles is 3. The Labute approximate surface area is 366 Å². The van der Waals surface area contributed by atoms with Gasteiger partial charge < -0.3 is 19.9 Å². The molecular formula is C46H19F9N4O7. The van der Waals surface area contributed by atoms with Crippen LogP contribution in [0.5, 0.6) is 11.5 Å². The average Bonchev–Trinajstić information content (AvgIpc) is 3.32. The molecule has 0 aliphatic rings. The number of carbonyl (C=O) groups excluding carboxylic acids is 3. The van der Waals surface area contributed by atoms with E-state index < -0.39 is 93.2 Å². The standard InChI is InChI=1S/C17H7F4NO2.C16H4F5NO2.C13H8N2O3/c1-9-12(18)14(20)16(15(21)13(9)19)24-17(23)11-6-4-10(5-7-11)3-2-8-22;17-10-11(18)13(20)15(14(21)12(10)19)24-16(23)9-5-3-8(4-6-9)2-1-7-22;14-9-1-2-10-3-5-11(6-4-10)15-12(16)7-8-13(17)18/h4-7H,1H3;3-6H;3-8H,(H,15,16)(H,17,18)/b;;8-7-.